The number of pyridine rings is 2. The summed E-state index contributed by atoms with van der Waals surface area (Å²) in [6.07, 6.45) is 4.03. The molecule has 3 N–H and O–H groups in total. The molecule has 1 unspecified atom stereocenters. The summed E-state index contributed by atoms with van der Waals surface area (Å²) in [5.41, 5.74) is 2.91. The van der Waals surface area contributed by atoms with Gasteiger partial charge in [-0.15, -0.1) is 0 Å². The summed E-state index contributed by atoms with van der Waals surface area (Å²) in [7, 11) is 0. The monoisotopic (exact) mass is 637 g/mol. The quantitative estimate of drug-likeness (QED) is 0.228. The molecule has 0 saturated carbocycles. The number of nitriles is 1. The van der Waals surface area contributed by atoms with Crippen LogP contribution in [0.15, 0.2) is 85.3 Å². The summed E-state index contributed by atoms with van der Waals surface area (Å²) in [4.78, 5) is 63.0. The summed E-state index contributed by atoms with van der Waals surface area (Å²) in [5, 5.41) is 24.4. The van der Waals surface area contributed by atoms with Gasteiger partial charge in [0.15, 0.2) is 0 Å². The van der Waals surface area contributed by atoms with Gasteiger partial charge < -0.3 is 25.5 Å². The Labute approximate surface area is 269 Å². The Morgan fingerprint density at radius 2 is 1.63 bits per heavy atom. The first-order chi connectivity index (χ1) is 22.2. The smallest absolute Gasteiger partial charge is 0.305 e. The molecule has 0 aliphatic carbocycles. The van der Waals surface area contributed by atoms with E-state index in [2.05, 4.69) is 20.6 Å². The molecule has 0 spiro atoms. The Hall–Kier alpha value is -5.80. The number of carbonyl (C=O) groups is 4. The number of carboxylic acids is 1. The number of piperazine rings is 1. The first kappa shape index (κ1) is 31.6. The van der Waals surface area contributed by atoms with Crippen LogP contribution in [0.5, 0.6) is 0 Å². The number of carbonyl (C=O) groups excluding carboxylic acids is 3. The zero-order valence-electron chi connectivity index (χ0n) is 24.4. The van der Waals surface area contributed by atoms with Gasteiger partial charge in [-0.2, -0.15) is 5.26 Å². The second-order valence-electron chi connectivity index (χ2n) is 10.4. The van der Waals surface area contributed by atoms with Gasteiger partial charge in [0.2, 0.25) is 0 Å². The molecule has 12 nitrogen and oxygen atoms in total. The molecule has 3 amide bonds. The topological polar surface area (TPSA) is 169 Å². The molecule has 0 bridgehead atoms. The van der Waals surface area contributed by atoms with Crippen molar-refractivity contribution in [2.24, 2.45) is 0 Å². The zero-order chi connectivity index (χ0) is 32.6. The minimum atomic E-state index is -1.09. The number of anilines is 2. The third-order valence-electron chi connectivity index (χ3n) is 7.44. The fourth-order valence-electron chi connectivity index (χ4n) is 5.03. The molecule has 2 aromatic carbocycles. The van der Waals surface area contributed by atoms with Crippen LogP contribution in [0.1, 0.15) is 54.7 Å². The lowest BCUT2D eigenvalue weighted by atomic mass is 10.0. The van der Waals surface area contributed by atoms with Crippen LogP contribution in [0, 0.1) is 11.3 Å². The number of hydrogen-bond donors (Lipinski definition) is 3. The number of nitrogens with zero attached hydrogens (tertiary/aromatic N) is 5. The Balaban J connectivity index is 1.38. The number of hydrogen-bond acceptors (Lipinski definition) is 8. The maximum atomic E-state index is 13.4. The highest BCUT2D eigenvalue weighted by atomic mass is 35.5. The van der Waals surface area contributed by atoms with Crippen molar-refractivity contribution in [2.75, 3.05) is 36.4 Å². The van der Waals surface area contributed by atoms with E-state index in [1.165, 1.54) is 30.6 Å². The molecule has 1 aliphatic heterocycles. The van der Waals surface area contributed by atoms with Crippen molar-refractivity contribution in [3.05, 3.63) is 118 Å². The molecule has 1 fully saturated rings. The van der Waals surface area contributed by atoms with Crippen LogP contribution in [0.3, 0.4) is 0 Å². The molecular formula is C33H28ClN7O5. The Kier molecular flexibility index (Phi) is 9.84. The van der Waals surface area contributed by atoms with Crippen molar-refractivity contribution in [1.82, 2.24) is 20.2 Å². The first-order valence-electron chi connectivity index (χ1n) is 14.3. The summed E-state index contributed by atoms with van der Waals surface area (Å²) < 4.78 is 0. The molecule has 5 rings (SSSR count). The van der Waals surface area contributed by atoms with E-state index in [1.54, 1.807) is 59.6 Å². The predicted molar refractivity (Wildman–Crippen MR) is 170 cm³/mol. The minimum absolute atomic E-state index is 0.149. The number of halogens is 1. The molecule has 1 saturated heterocycles. The number of nitrogens with one attached hydrogen (secondary N) is 2. The van der Waals surface area contributed by atoms with Crippen LogP contribution in [0.4, 0.5) is 11.4 Å². The fraction of sp³-hybridized carbons (Fsp3) is 0.182. The second-order valence-corrected chi connectivity index (χ2v) is 10.8. The molecule has 232 valence electrons. The maximum Gasteiger partial charge on any atom is 0.305 e. The standard InChI is InChI=1S/C33H28ClN7O5/c34-29-10-8-25(20-37-29)32(45)39-27-16-23(31(44)38-26(17-30(42)43)24-2-1-11-36-19-24)7-9-28(27)40-12-14-41(15-13-40)33(46)22-5-3-21(18-35)4-6-22/h1-11,16,19-20,26H,12-15,17H2,(H,38,44)(H,39,45)(H,42,43). The molecule has 46 heavy (non-hydrogen) atoms. The minimum Gasteiger partial charge on any atom is -0.481 e. The highest BCUT2D eigenvalue weighted by molar-refractivity contribution is 6.29. The van der Waals surface area contributed by atoms with E-state index in [9.17, 15) is 24.3 Å². The average Bonchev–Trinajstić information content (AvgIpc) is 3.08. The van der Waals surface area contributed by atoms with E-state index in [-0.39, 0.29) is 28.6 Å². The van der Waals surface area contributed by atoms with E-state index >= 15 is 0 Å². The highest BCUT2D eigenvalue weighted by Gasteiger charge is 2.26. The van der Waals surface area contributed by atoms with Crippen molar-refractivity contribution in [3.8, 4) is 6.07 Å². The normalized spacial score (nSPS) is 13.3. The maximum absolute atomic E-state index is 13.4. The van der Waals surface area contributed by atoms with E-state index in [0.29, 0.717) is 54.2 Å². The molecule has 1 atom stereocenters. The highest BCUT2D eigenvalue weighted by Crippen LogP contribution is 2.30. The summed E-state index contributed by atoms with van der Waals surface area (Å²) in [5.74, 6) is -2.25. The van der Waals surface area contributed by atoms with Crippen molar-refractivity contribution in [1.29, 1.82) is 5.26 Å². The average molecular weight is 638 g/mol. The van der Waals surface area contributed by atoms with Gasteiger partial charge in [-0.05, 0) is 66.2 Å². The van der Waals surface area contributed by atoms with Gasteiger partial charge in [-0.3, -0.25) is 24.2 Å². The van der Waals surface area contributed by atoms with Crippen LogP contribution in [0.25, 0.3) is 0 Å². The van der Waals surface area contributed by atoms with E-state index < -0.39 is 23.8 Å². The number of aliphatic carboxylic acids is 1. The van der Waals surface area contributed by atoms with Gasteiger partial charge in [0, 0.05) is 55.9 Å². The first-order valence-corrected chi connectivity index (χ1v) is 14.6. The van der Waals surface area contributed by atoms with Gasteiger partial charge in [-0.1, -0.05) is 17.7 Å². The van der Waals surface area contributed by atoms with Crippen molar-refractivity contribution >= 4 is 46.7 Å². The van der Waals surface area contributed by atoms with Crippen molar-refractivity contribution < 1.29 is 24.3 Å². The molecule has 0 radical (unpaired) electrons. The molecular weight excluding hydrogens is 610 g/mol. The third kappa shape index (κ3) is 7.64. The van der Waals surface area contributed by atoms with E-state index in [1.807, 2.05) is 11.0 Å². The largest absolute Gasteiger partial charge is 0.481 e. The van der Waals surface area contributed by atoms with Crippen LogP contribution < -0.4 is 15.5 Å². The fourth-order valence-corrected chi connectivity index (χ4v) is 5.14. The van der Waals surface area contributed by atoms with E-state index in [4.69, 9.17) is 16.9 Å². The van der Waals surface area contributed by atoms with Gasteiger partial charge in [-0.25, -0.2) is 4.98 Å². The molecule has 4 aromatic rings. The summed E-state index contributed by atoms with van der Waals surface area (Å²) in [6, 6.07) is 18.9. The van der Waals surface area contributed by atoms with Crippen LogP contribution >= 0.6 is 11.6 Å². The second kappa shape index (κ2) is 14.3. The summed E-state index contributed by atoms with van der Waals surface area (Å²) >= 11 is 5.89. The van der Waals surface area contributed by atoms with Crippen LogP contribution in [-0.4, -0.2) is 69.8 Å². The van der Waals surface area contributed by atoms with Gasteiger partial charge in [0.25, 0.3) is 17.7 Å². The number of benzene rings is 2. The Morgan fingerprint density at radius 3 is 2.26 bits per heavy atom. The summed E-state index contributed by atoms with van der Waals surface area (Å²) in [6.45, 7) is 1.69. The molecule has 13 heteroatoms. The Bertz CT molecular complexity index is 1790. The molecule has 3 heterocycles. The lowest BCUT2D eigenvalue weighted by molar-refractivity contribution is -0.137. The van der Waals surface area contributed by atoms with Gasteiger partial charge >= 0.3 is 5.97 Å². The zero-order valence-corrected chi connectivity index (χ0v) is 25.1. The van der Waals surface area contributed by atoms with Crippen molar-refractivity contribution in [3.63, 3.8) is 0 Å². The lowest BCUT2D eigenvalue weighted by Crippen LogP contribution is -2.49. The molecule has 1 aliphatic rings. The van der Waals surface area contributed by atoms with Gasteiger partial charge in [0.1, 0.15) is 5.15 Å². The van der Waals surface area contributed by atoms with Crippen molar-refractivity contribution in [2.45, 2.75) is 12.5 Å². The van der Waals surface area contributed by atoms with Crippen LogP contribution in [-0.2, 0) is 4.79 Å². The number of amides is 3. The predicted octanol–water partition coefficient (Wildman–Crippen LogP) is 4.16. The SMILES string of the molecule is N#Cc1ccc(C(=O)N2CCN(c3ccc(C(=O)NC(CC(=O)O)c4cccnc4)cc3NC(=O)c3ccc(Cl)nc3)CC2)cc1. The number of carboxylic acid groups (broad SMARTS) is 1. The number of aromatic nitrogens is 2. The Morgan fingerprint density at radius 1 is 0.913 bits per heavy atom. The van der Waals surface area contributed by atoms with E-state index in [0.717, 1.165) is 0 Å². The third-order valence-corrected chi connectivity index (χ3v) is 7.66. The molecule has 2 aromatic heterocycles. The van der Waals surface area contributed by atoms with Gasteiger partial charge in [0.05, 0.1) is 41.0 Å². The number of rotatable bonds is 9. The lowest BCUT2D eigenvalue weighted by Gasteiger charge is -2.37. The van der Waals surface area contributed by atoms with Crippen LogP contribution in [0.2, 0.25) is 5.15 Å².